The zero-order valence-electron chi connectivity index (χ0n) is 16.6. The van der Waals surface area contributed by atoms with E-state index < -0.39 is 0 Å². The summed E-state index contributed by atoms with van der Waals surface area (Å²) in [6, 6.07) is 10.6. The van der Waals surface area contributed by atoms with Crippen molar-refractivity contribution in [2.24, 2.45) is 5.73 Å². The van der Waals surface area contributed by atoms with Crippen LogP contribution in [0.15, 0.2) is 30.3 Å². The van der Waals surface area contributed by atoms with Crippen molar-refractivity contribution in [2.45, 2.75) is 51.7 Å². The van der Waals surface area contributed by atoms with Crippen LogP contribution in [0.3, 0.4) is 0 Å². The Morgan fingerprint density at radius 2 is 2.00 bits per heavy atom. The number of hydrogen-bond donors (Lipinski definition) is 1. The number of ether oxygens (including phenoxy) is 1. The van der Waals surface area contributed by atoms with E-state index in [1.54, 1.807) is 7.11 Å². The van der Waals surface area contributed by atoms with Crippen molar-refractivity contribution in [2.75, 3.05) is 20.2 Å². The van der Waals surface area contributed by atoms with Crippen LogP contribution in [0.2, 0.25) is 0 Å². The van der Waals surface area contributed by atoms with Gasteiger partial charge in [-0.1, -0.05) is 44.2 Å². The highest BCUT2D eigenvalue weighted by Crippen LogP contribution is 2.42. The van der Waals surface area contributed by atoms with Gasteiger partial charge in [0.2, 0.25) is 0 Å². The number of nitrogens with zero attached hydrogens (tertiary/aromatic N) is 1. The smallest absolute Gasteiger partial charge is 0.252 e. The third-order valence-corrected chi connectivity index (χ3v) is 7.47. The van der Waals surface area contributed by atoms with Crippen LogP contribution in [0.5, 0.6) is 0 Å². The SMILES string of the molecule is CCc1[pH]c(C(N)=O)c([C@@H]2CN(Cc3ccccc3)CC[C@H]2OC)c1CC. The molecule has 2 heterocycles. The number of amides is 1. The predicted octanol–water partition coefficient (Wildman–Crippen LogP) is 3.95. The van der Waals surface area contributed by atoms with Crippen LogP contribution in [-0.2, 0) is 24.1 Å². The molecule has 0 radical (unpaired) electrons. The van der Waals surface area contributed by atoms with E-state index in [9.17, 15) is 4.79 Å². The Morgan fingerprint density at radius 1 is 1.26 bits per heavy atom. The number of carbonyl (C=O) groups excluding carboxylic acids is 1. The van der Waals surface area contributed by atoms with E-state index in [4.69, 9.17) is 10.5 Å². The largest absolute Gasteiger partial charge is 0.381 e. The summed E-state index contributed by atoms with van der Waals surface area (Å²) in [5.74, 6) is -0.0470. The van der Waals surface area contributed by atoms with Gasteiger partial charge in [0.1, 0.15) is 0 Å². The molecule has 0 spiro atoms. The summed E-state index contributed by atoms with van der Waals surface area (Å²) in [6.07, 6.45) is 3.06. The number of aryl methyl sites for hydroxylation is 1. The number of rotatable bonds is 7. The maximum atomic E-state index is 12.2. The van der Waals surface area contributed by atoms with Crippen LogP contribution in [0.1, 0.15) is 58.3 Å². The first kappa shape index (κ1) is 20.1. The number of methoxy groups -OCH3 is 1. The van der Waals surface area contributed by atoms with E-state index in [0.29, 0.717) is 8.19 Å². The Morgan fingerprint density at radius 3 is 2.59 bits per heavy atom. The summed E-state index contributed by atoms with van der Waals surface area (Å²) in [5, 5.41) is 2.24. The summed E-state index contributed by atoms with van der Waals surface area (Å²) >= 11 is 0. The second-order valence-corrected chi connectivity index (χ2v) is 8.69. The first-order valence-corrected chi connectivity index (χ1v) is 10.9. The maximum Gasteiger partial charge on any atom is 0.252 e. The molecule has 1 amide bonds. The molecule has 0 aliphatic carbocycles. The fourth-order valence-corrected chi connectivity index (χ4v) is 5.99. The number of likely N-dealkylation sites (tertiary alicyclic amines) is 1. The Labute approximate surface area is 164 Å². The van der Waals surface area contributed by atoms with Gasteiger partial charge in [-0.05, 0) is 41.2 Å². The highest BCUT2D eigenvalue weighted by molar-refractivity contribution is 7.33. The van der Waals surface area contributed by atoms with Crippen LogP contribution in [0.4, 0.5) is 0 Å². The predicted molar refractivity (Wildman–Crippen MR) is 113 cm³/mol. The molecule has 1 fully saturated rings. The van der Waals surface area contributed by atoms with Gasteiger partial charge in [-0.2, -0.15) is 0 Å². The summed E-state index contributed by atoms with van der Waals surface area (Å²) in [4.78, 5) is 14.7. The van der Waals surface area contributed by atoms with Crippen molar-refractivity contribution < 1.29 is 9.53 Å². The third kappa shape index (κ3) is 4.29. The lowest BCUT2D eigenvalue weighted by Crippen LogP contribution is -2.43. The molecule has 146 valence electrons. The van der Waals surface area contributed by atoms with Crippen molar-refractivity contribution in [3.05, 3.63) is 57.6 Å². The normalized spacial score (nSPS) is 21.0. The fourth-order valence-electron chi connectivity index (χ4n) is 4.46. The van der Waals surface area contributed by atoms with E-state index in [1.807, 2.05) is 0 Å². The van der Waals surface area contributed by atoms with Crippen LogP contribution < -0.4 is 5.73 Å². The summed E-state index contributed by atoms with van der Waals surface area (Å²) in [7, 11) is 2.22. The average Bonchev–Trinajstić information content (AvgIpc) is 3.07. The van der Waals surface area contributed by atoms with Gasteiger partial charge in [-0.3, -0.25) is 9.69 Å². The number of hydrogen-bond acceptors (Lipinski definition) is 3. The van der Waals surface area contributed by atoms with Crippen LogP contribution in [0, 0.1) is 0 Å². The summed E-state index contributed by atoms with van der Waals surface area (Å²) < 4.78 is 5.87. The zero-order valence-corrected chi connectivity index (χ0v) is 17.6. The Balaban J connectivity index is 1.94. The Hall–Kier alpha value is -1.61. The molecule has 5 heteroatoms. The zero-order chi connectivity index (χ0) is 19.4. The molecular formula is C22H31N2O2P. The van der Waals surface area contributed by atoms with Crippen molar-refractivity contribution in [1.29, 1.82) is 0 Å². The molecule has 3 atom stereocenters. The van der Waals surface area contributed by atoms with Gasteiger partial charge in [0.15, 0.2) is 0 Å². The number of primary amides is 1. The van der Waals surface area contributed by atoms with Crippen molar-refractivity contribution in [1.82, 2.24) is 4.90 Å². The molecule has 1 aliphatic heterocycles. The van der Waals surface area contributed by atoms with Crippen molar-refractivity contribution >= 4 is 14.1 Å². The molecule has 1 aromatic carbocycles. The standard InChI is InChI=1S/C22H31N2O2P/c1-4-16-19(5-2)27-21(22(23)25)20(16)17-14-24(12-11-18(17)26-3)13-15-9-7-6-8-10-15/h6-10,17-18,27H,4-5,11-14H2,1-3H3,(H2,23,25)/t17-,18-/m1/s1. The molecule has 0 saturated carbocycles. The lowest BCUT2D eigenvalue weighted by Gasteiger charge is -2.39. The van der Waals surface area contributed by atoms with Gasteiger partial charge in [0, 0.05) is 32.7 Å². The van der Waals surface area contributed by atoms with Crippen LogP contribution >= 0.6 is 8.19 Å². The maximum absolute atomic E-state index is 12.2. The van der Waals surface area contributed by atoms with Gasteiger partial charge >= 0.3 is 0 Å². The lowest BCUT2D eigenvalue weighted by molar-refractivity contribution is 0.0195. The third-order valence-electron chi connectivity index (χ3n) is 5.74. The number of nitrogens with two attached hydrogens (primary N) is 1. The average molecular weight is 386 g/mol. The monoisotopic (exact) mass is 386 g/mol. The minimum atomic E-state index is -0.257. The molecule has 1 unspecified atom stereocenters. The molecule has 1 aliphatic rings. The molecule has 2 N–H and O–H groups in total. The van der Waals surface area contributed by atoms with Gasteiger partial charge in [-0.15, -0.1) is 8.19 Å². The van der Waals surface area contributed by atoms with E-state index in [1.165, 1.54) is 22.0 Å². The van der Waals surface area contributed by atoms with Crippen LogP contribution in [0.25, 0.3) is 0 Å². The van der Waals surface area contributed by atoms with Crippen LogP contribution in [-0.4, -0.2) is 37.1 Å². The van der Waals surface area contributed by atoms with Gasteiger partial charge in [-0.25, -0.2) is 0 Å². The molecule has 1 aromatic heterocycles. The number of benzene rings is 1. The molecule has 1 saturated heterocycles. The van der Waals surface area contributed by atoms with Crippen molar-refractivity contribution in [3.8, 4) is 0 Å². The fraction of sp³-hybridized carbons (Fsp3) is 0.500. The summed E-state index contributed by atoms with van der Waals surface area (Å²) in [6.45, 7) is 7.21. The molecule has 2 aromatic rings. The van der Waals surface area contributed by atoms with Gasteiger partial charge in [0.25, 0.3) is 5.91 Å². The topological polar surface area (TPSA) is 55.6 Å². The van der Waals surface area contributed by atoms with Gasteiger partial charge in [0.05, 0.1) is 11.4 Å². The first-order valence-electron chi connectivity index (χ1n) is 9.91. The number of carbonyl (C=O) groups is 1. The van der Waals surface area contributed by atoms with Crippen molar-refractivity contribution in [3.63, 3.8) is 0 Å². The molecule has 0 bridgehead atoms. The quantitative estimate of drug-likeness (QED) is 0.784. The van der Waals surface area contributed by atoms with E-state index in [-0.39, 0.29) is 17.9 Å². The second kappa shape index (κ2) is 9.05. The Kier molecular flexibility index (Phi) is 6.75. The lowest BCUT2D eigenvalue weighted by atomic mass is 9.84. The van der Waals surface area contributed by atoms with E-state index in [0.717, 1.165) is 44.2 Å². The molecule has 4 nitrogen and oxygen atoms in total. The molecule has 27 heavy (non-hydrogen) atoms. The highest BCUT2D eigenvalue weighted by atomic mass is 31.0. The molecule has 3 rings (SSSR count). The first-order chi connectivity index (χ1) is 13.1. The minimum absolute atomic E-state index is 0.143. The Bertz CT molecular complexity index is 772. The molecular weight excluding hydrogens is 355 g/mol. The number of piperidine rings is 1. The summed E-state index contributed by atoms with van der Waals surface area (Å²) in [5.41, 5.74) is 9.69. The second-order valence-electron chi connectivity index (χ2n) is 7.33. The van der Waals surface area contributed by atoms with E-state index >= 15 is 0 Å². The van der Waals surface area contributed by atoms with E-state index in [2.05, 4.69) is 49.1 Å². The highest BCUT2D eigenvalue weighted by Gasteiger charge is 2.35. The minimum Gasteiger partial charge on any atom is -0.381 e. The van der Waals surface area contributed by atoms with Gasteiger partial charge < -0.3 is 10.5 Å².